The SMILES string of the molecule is O=C(Oc1cccc(O[P+](=O)Oc2ccccc2)c1)Oc1cccc(O[P+](=O)Oc2ccccc2)c1. The van der Waals surface area contributed by atoms with Crippen molar-refractivity contribution in [1.82, 2.24) is 0 Å². The molecule has 0 spiro atoms. The first-order valence-corrected chi connectivity index (χ1v) is 12.6. The lowest BCUT2D eigenvalue weighted by Crippen LogP contribution is -2.13. The normalized spacial score (nSPS) is 11.0. The second-order valence-corrected chi connectivity index (χ2v) is 8.47. The van der Waals surface area contributed by atoms with Crippen LogP contribution in [0, 0.1) is 0 Å². The van der Waals surface area contributed by atoms with Crippen LogP contribution >= 0.6 is 16.5 Å². The van der Waals surface area contributed by atoms with Gasteiger partial charge in [-0.25, -0.2) is 22.9 Å². The first-order chi connectivity index (χ1) is 17.5. The summed E-state index contributed by atoms with van der Waals surface area (Å²) in [6.07, 6.45) is -1.04. The maximum atomic E-state index is 12.2. The van der Waals surface area contributed by atoms with Crippen LogP contribution < -0.4 is 27.6 Å². The zero-order chi connectivity index (χ0) is 25.2. The summed E-state index contributed by atoms with van der Waals surface area (Å²) >= 11 is 0. The Morgan fingerprint density at radius 1 is 0.444 bits per heavy atom. The standard InChI is InChI=1S/C25H18O9P2/c26-25(29-21-13-7-15-23(17-21)33-35(27)31-19-9-3-1-4-10-19)30-22-14-8-16-24(18-22)34-36(28)32-20-11-5-2-6-12-20/h1-18H/q+2. The fourth-order valence-corrected chi connectivity index (χ4v) is 3.98. The Kier molecular flexibility index (Phi) is 8.44. The summed E-state index contributed by atoms with van der Waals surface area (Å²) in [6.45, 7) is 0. The second kappa shape index (κ2) is 12.3. The van der Waals surface area contributed by atoms with Gasteiger partial charge in [-0.1, -0.05) is 48.5 Å². The lowest BCUT2D eigenvalue weighted by atomic mass is 10.3. The van der Waals surface area contributed by atoms with Crippen molar-refractivity contribution >= 4 is 22.7 Å². The Bertz CT molecular complexity index is 1250. The van der Waals surface area contributed by atoms with Gasteiger partial charge in [0, 0.05) is 21.3 Å². The van der Waals surface area contributed by atoms with Crippen molar-refractivity contribution in [3.63, 3.8) is 0 Å². The van der Waals surface area contributed by atoms with Gasteiger partial charge < -0.3 is 9.47 Å². The minimum absolute atomic E-state index is 0.0901. The Labute approximate surface area is 208 Å². The minimum Gasteiger partial charge on any atom is -0.395 e. The Morgan fingerprint density at radius 2 is 0.778 bits per heavy atom. The first-order valence-electron chi connectivity index (χ1n) is 10.4. The number of carbonyl (C=O) groups excluding carboxylic acids is 1. The molecule has 0 amide bonds. The van der Waals surface area contributed by atoms with E-state index in [4.69, 9.17) is 27.6 Å². The fourth-order valence-electron chi connectivity index (χ4n) is 2.75. The number of benzene rings is 4. The molecule has 0 radical (unpaired) electrons. The predicted molar refractivity (Wildman–Crippen MR) is 130 cm³/mol. The molecule has 0 aliphatic rings. The van der Waals surface area contributed by atoms with Crippen LogP contribution in [0.15, 0.2) is 109 Å². The molecule has 0 N–H and O–H groups in total. The molecule has 36 heavy (non-hydrogen) atoms. The van der Waals surface area contributed by atoms with E-state index in [0.717, 1.165) is 0 Å². The zero-order valence-electron chi connectivity index (χ0n) is 18.5. The summed E-state index contributed by atoms with van der Waals surface area (Å²) < 4.78 is 55.4. The molecular formula is C25H18O9P2+2. The number of hydrogen-bond donors (Lipinski definition) is 0. The van der Waals surface area contributed by atoms with Crippen LogP contribution in [0.1, 0.15) is 0 Å². The molecule has 2 atom stereocenters. The smallest absolute Gasteiger partial charge is 0.395 e. The van der Waals surface area contributed by atoms with Crippen molar-refractivity contribution in [2.75, 3.05) is 0 Å². The van der Waals surface area contributed by atoms with Crippen LogP contribution in [0.2, 0.25) is 0 Å². The Morgan fingerprint density at radius 3 is 1.19 bits per heavy atom. The topological polar surface area (TPSA) is 107 Å². The van der Waals surface area contributed by atoms with Crippen molar-refractivity contribution in [3.05, 3.63) is 109 Å². The summed E-state index contributed by atoms with van der Waals surface area (Å²) in [5, 5.41) is 0. The molecule has 2 unspecified atom stereocenters. The van der Waals surface area contributed by atoms with E-state index in [-0.39, 0.29) is 23.0 Å². The molecule has 4 aromatic carbocycles. The summed E-state index contributed by atoms with van der Waals surface area (Å²) in [5.74, 6) is 1.28. The van der Waals surface area contributed by atoms with Gasteiger partial charge in [-0.2, -0.15) is 0 Å². The van der Waals surface area contributed by atoms with Gasteiger partial charge in [-0.05, 0) is 48.5 Å². The van der Waals surface area contributed by atoms with Crippen LogP contribution in [0.5, 0.6) is 34.5 Å². The van der Waals surface area contributed by atoms with Crippen molar-refractivity contribution < 1.29 is 41.5 Å². The number of hydrogen-bond acceptors (Lipinski definition) is 9. The van der Waals surface area contributed by atoms with Crippen molar-refractivity contribution in [2.24, 2.45) is 0 Å². The highest BCUT2D eigenvalue weighted by Gasteiger charge is 2.25. The first kappa shape index (κ1) is 24.7. The van der Waals surface area contributed by atoms with Crippen LogP contribution in [-0.2, 0) is 9.13 Å². The molecule has 0 aliphatic heterocycles. The average molecular weight is 524 g/mol. The Balaban J connectivity index is 1.30. The van der Waals surface area contributed by atoms with E-state index in [1.807, 2.05) is 0 Å². The summed E-state index contributed by atoms with van der Waals surface area (Å²) in [6, 6.07) is 28.9. The molecule has 180 valence electrons. The molecule has 0 aromatic heterocycles. The van der Waals surface area contributed by atoms with Gasteiger partial charge in [-0.15, -0.1) is 0 Å². The van der Waals surface area contributed by atoms with Crippen molar-refractivity contribution in [2.45, 2.75) is 0 Å². The van der Waals surface area contributed by atoms with E-state index >= 15 is 0 Å². The molecule has 0 aliphatic carbocycles. The third kappa shape index (κ3) is 7.81. The molecule has 0 bridgehead atoms. The molecule has 0 saturated heterocycles. The van der Waals surface area contributed by atoms with E-state index in [0.29, 0.717) is 11.5 Å². The van der Waals surface area contributed by atoms with Gasteiger partial charge in [0.15, 0.2) is 23.0 Å². The third-order valence-corrected chi connectivity index (χ3v) is 5.66. The van der Waals surface area contributed by atoms with Crippen LogP contribution in [0.3, 0.4) is 0 Å². The van der Waals surface area contributed by atoms with Gasteiger partial charge >= 0.3 is 22.7 Å². The predicted octanol–water partition coefficient (Wildman–Crippen LogP) is 7.49. The molecule has 4 aromatic rings. The molecule has 4 rings (SSSR count). The monoisotopic (exact) mass is 524 g/mol. The van der Waals surface area contributed by atoms with E-state index < -0.39 is 22.7 Å². The highest BCUT2D eigenvalue weighted by molar-refractivity contribution is 7.34. The number of carbonyl (C=O) groups is 1. The summed E-state index contributed by atoms with van der Waals surface area (Å²) in [5.41, 5.74) is 0. The van der Waals surface area contributed by atoms with E-state index in [2.05, 4.69) is 0 Å². The fraction of sp³-hybridized carbons (Fsp3) is 0. The number of rotatable bonds is 10. The zero-order valence-corrected chi connectivity index (χ0v) is 20.2. The maximum Gasteiger partial charge on any atom is 0.805 e. The van der Waals surface area contributed by atoms with Gasteiger partial charge in [0.05, 0.1) is 0 Å². The molecule has 0 fully saturated rings. The van der Waals surface area contributed by atoms with Gasteiger partial charge in [0.2, 0.25) is 0 Å². The van der Waals surface area contributed by atoms with Crippen LogP contribution in [0.4, 0.5) is 4.79 Å². The molecule has 0 saturated carbocycles. The van der Waals surface area contributed by atoms with E-state index in [1.54, 1.807) is 72.8 Å². The van der Waals surface area contributed by atoms with Gasteiger partial charge in [0.1, 0.15) is 11.5 Å². The number of ether oxygens (including phenoxy) is 2. The lowest BCUT2D eigenvalue weighted by molar-refractivity contribution is 0.152. The van der Waals surface area contributed by atoms with Crippen molar-refractivity contribution in [1.29, 1.82) is 0 Å². The molecule has 0 heterocycles. The lowest BCUT2D eigenvalue weighted by Gasteiger charge is -2.06. The van der Waals surface area contributed by atoms with E-state index in [1.165, 1.54) is 36.4 Å². The third-order valence-electron chi connectivity index (χ3n) is 4.22. The molecule has 11 heteroatoms. The van der Waals surface area contributed by atoms with Crippen LogP contribution in [0.25, 0.3) is 0 Å². The number of para-hydroxylation sites is 2. The van der Waals surface area contributed by atoms with E-state index in [9.17, 15) is 13.9 Å². The van der Waals surface area contributed by atoms with Crippen molar-refractivity contribution in [3.8, 4) is 34.5 Å². The molecular weight excluding hydrogens is 506 g/mol. The largest absolute Gasteiger partial charge is 0.805 e. The molecule has 9 nitrogen and oxygen atoms in total. The van der Waals surface area contributed by atoms with Gasteiger partial charge in [0.25, 0.3) is 0 Å². The highest BCUT2D eigenvalue weighted by atomic mass is 31.1. The summed E-state index contributed by atoms with van der Waals surface area (Å²) in [4.78, 5) is 12.2. The second-order valence-electron chi connectivity index (χ2n) is 6.84. The van der Waals surface area contributed by atoms with Crippen LogP contribution in [-0.4, -0.2) is 6.16 Å². The van der Waals surface area contributed by atoms with Gasteiger partial charge in [-0.3, -0.25) is 0 Å². The summed E-state index contributed by atoms with van der Waals surface area (Å²) in [7, 11) is -5.01. The Hall–Kier alpha value is -4.45. The maximum absolute atomic E-state index is 12.2. The minimum atomic E-state index is -2.50. The quantitative estimate of drug-likeness (QED) is 0.118. The highest BCUT2D eigenvalue weighted by Crippen LogP contribution is 2.33. The average Bonchev–Trinajstić information content (AvgIpc) is 2.85.